The minimum atomic E-state index is -0.210. The third-order valence-electron chi connectivity index (χ3n) is 2.43. The lowest BCUT2D eigenvalue weighted by Crippen LogP contribution is -2.47. The van der Waals surface area contributed by atoms with Crippen molar-refractivity contribution in [3.05, 3.63) is 58.3 Å². The van der Waals surface area contributed by atoms with Crippen LogP contribution in [0.25, 0.3) is 0 Å². The van der Waals surface area contributed by atoms with Crippen LogP contribution in [-0.2, 0) is 6.54 Å². The lowest BCUT2D eigenvalue weighted by molar-refractivity contribution is 0.0870. The van der Waals surface area contributed by atoms with Gasteiger partial charge in [0.2, 0.25) is 0 Å². The quantitative estimate of drug-likeness (QED) is 0.672. The maximum absolute atomic E-state index is 12.0. The number of hydrogen-bond acceptors (Lipinski definition) is 3. The minimum absolute atomic E-state index is 0.133. The zero-order chi connectivity index (χ0) is 13.7. The van der Waals surface area contributed by atoms with Gasteiger partial charge in [-0.2, -0.15) is 0 Å². The maximum atomic E-state index is 12.0. The monoisotopic (exact) mass is 291 g/mol. The maximum Gasteiger partial charge on any atom is 0.279 e. The molecule has 0 radical (unpaired) electrons. The van der Waals surface area contributed by atoms with E-state index in [-0.39, 0.29) is 11.0 Å². The van der Waals surface area contributed by atoms with Crippen LogP contribution in [0.5, 0.6) is 0 Å². The Bertz CT molecular complexity index is 555. The summed E-state index contributed by atoms with van der Waals surface area (Å²) in [4.78, 5) is 12.6. The van der Waals surface area contributed by atoms with Crippen molar-refractivity contribution < 1.29 is 4.79 Å². The van der Waals surface area contributed by atoms with Gasteiger partial charge in [-0.15, -0.1) is 11.3 Å². The molecule has 0 bridgehead atoms. The Kier molecular flexibility index (Phi) is 4.48. The van der Waals surface area contributed by atoms with Crippen molar-refractivity contribution in [2.75, 3.05) is 0 Å². The molecule has 0 spiro atoms. The lowest BCUT2D eigenvalue weighted by atomic mass is 10.2. The molecule has 1 heterocycles. The first-order chi connectivity index (χ1) is 9.16. The summed E-state index contributed by atoms with van der Waals surface area (Å²) in [5.41, 5.74) is 9.35. The van der Waals surface area contributed by atoms with Gasteiger partial charge in [-0.05, 0) is 29.2 Å². The number of amides is 1. The van der Waals surface area contributed by atoms with Gasteiger partial charge in [-0.1, -0.05) is 36.4 Å². The average molecular weight is 291 g/mol. The van der Waals surface area contributed by atoms with Crippen LogP contribution in [0.1, 0.15) is 15.2 Å². The molecule has 0 atom stereocenters. The molecular weight excluding hydrogens is 278 g/mol. The molecule has 0 aliphatic carbocycles. The first-order valence-corrected chi connectivity index (χ1v) is 6.91. The largest absolute Gasteiger partial charge is 0.375 e. The Labute approximate surface area is 120 Å². The first-order valence-electron chi connectivity index (χ1n) is 5.62. The van der Waals surface area contributed by atoms with Crippen LogP contribution in [0.2, 0.25) is 0 Å². The molecule has 1 aromatic heterocycles. The Hall–Kier alpha value is -1.92. The fraction of sp³-hybridized carbons (Fsp3) is 0.0769. The molecule has 6 heteroatoms. The van der Waals surface area contributed by atoms with E-state index in [1.807, 2.05) is 41.8 Å². The number of carbonyl (C=O) groups is 1. The van der Waals surface area contributed by atoms with E-state index < -0.39 is 0 Å². The Morgan fingerprint density at radius 2 is 2.00 bits per heavy atom. The summed E-state index contributed by atoms with van der Waals surface area (Å²) in [6.45, 7) is 0.438. The third-order valence-corrected chi connectivity index (χ3v) is 3.52. The number of nitrogens with two attached hydrogens (primary N) is 1. The van der Waals surface area contributed by atoms with E-state index in [2.05, 4.69) is 5.43 Å². The Balaban J connectivity index is 2.05. The summed E-state index contributed by atoms with van der Waals surface area (Å²) < 4.78 is 0. The molecule has 1 aromatic carbocycles. The topological polar surface area (TPSA) is 58.4 Å². The van der Waals surface area contributed by atoms with Crippen molar-refractivity contribution in [1.82, 2.24) is 10.4 Å². The second-order valence-electron chi connectivity index (χ2n) is 3.83. The van der Waals surface area contributed by atoms with E-state index in [0.717, 1.165) is 5.56 Å². The molecule has 2 aromatic rings. The van der Waals surface area contributed by atoms with Crippen molar-refractivity contribution in [3.8, 4) is 0 Å². The van der Waals surface area contributed by atoms with Crippen molar-refractivity contribution in [2.45, 2.75) is 6.54 Å². The molecule has 0 saturated heterocycles. The van der Waals surface area contributed by atoms with E-state index in [1.54, 1.807) is 6.07 Å². The molecule has 1 amide bonds. The summed E-state index contributed by atoms with van der Waals surface area (Å²) in [6.07, 6.45) is 0. The number of nitrogens with zero attached hydrogens (tertiary/aromatic N) is 1. The number of rotatable bonds is 3. The molecular formula is C13H13N3OS2. The van der Waals surface area contributed by atoms with Gasteiger partial charge in [0, 0.05) is 0 Å². The molecule has 0 aliphatic rings. The van der Waals surface area contributed by atoms with Crippen molar-refractivity contribution in [2.24, 2.45) is 5.73 Å². The highest BCUT2D eigenvalue weighted by atomic mass is 32.1. The molecule has 19 heavy (non-hydrogen) atoms. The summed E-state index contributed by atoms with van der Waals surface area (Å²) in [5, 5.41) is 3.44. The zero-order valence-electron chi connectivity index (χ0n) is 10.1. The van der Waals surface area contributed by atoms with E-state index >= 15 is 0 Å². The van der Waals surface area contributed by atoms with Crippen LogP contribution >= 0.6 is 23.6 Å². The molecule has 0 unspecified atom stereocenters. The van der Waals surface area contributed by atoms with Gasteiger partial charge in [0.25, 0.3) is 5.91 Å². The molecule has 0 aliphatic heterocycles. The van der Waals surface area contributed by atoms with Gasteiger partial charge in [0.1, 0.15) is 0 Å². The van der Waals surface area contributed by atoms with Gasteiger partial charge >= 0.3 is 0 Å². The second kappa shape index (κ2) is 6.31. The number of nitrogens with one attached hydrogen (secondary N) is 1. The number of thiocarbonyl (C=S) groups is 1. The minimum Gasteiger partial charge on any atom is -0.375 e. The van der Waals surface area contributed by atoms with Crippen LogP contribution in [0.3, 0.4) is 0 Å². The molecule has 98 valence electrons. The number of hydrazine groups is 1. The third kappa shape index (κ3) is 3.77. The number of thiophene rings is 1. The van der Waals surface area contributed by atoms with Crippen molar-refractivity contribution >= 4 is 34.6 Å². The second-order valence-corrected chi connectivity index (χ2v) is 5.19. The highest BCUT2D eigenvalue weighted by Gasteiger charge is 2.13. The van der Waals surface area contributed by atoms with Crippen LogP contribution in [0.15, 0.2) is 47.8 Å². The fourth-order valence-corrected chi connectivity index (χ4v) is 2.25. The highest BCUT2D eigenvalue weighted by molar-refractivity contribution is 7.80. The van der Waals surface area contributed by atoms with Crippen LogP contribution < -0.4 is 11.2 Å². The average Bonchev–Trinajstić information content (AvgIpc) is 2.93. The van der Waals surface area contributed by atoms with E-state index in [4.69, 9.17) is 18.0 Å². The number of carbonyl (C=O) groups excluding carboxylic acids is 1. The standard InChI is InChI=1S/C13H13N3OS2/c14-13(18)16(9-10-5-2-1-3-6-10)15-12(17)11-7-4-8-19-11/h1-8H,9H2,(H2,14,18)(H,15,17). The van der Waals surface area contributed by atoms with Gasteiger partial charge < -0.3 is 5.73 Å². The molecule has 0 saturated carbocycles. The summed E-state index contributed by atoms with van der Waals surface area (Å²) in [7, 11) is 0. The first kappa shape index (κ1) is 13.5. The van der Waals surface area contributed by atoms with Gasteiger partial charge in [0.05, 0.1) is 11.4 Å². The normalized spacial score (nSPS) is 9.89. The van der Waals surface area contributed by atoms with Crippen molar-refractivity contribution in [3.63, 3.8) is 0 Å². The lowest BCUT2D eigenvalue weighted by Gasteiger charge is -2.23. The van der Waals surface area contributed by atoms with Gasteiger partial charge in [-0.3, -0.25) is 15.2 Å². The number of benzene rings is 1. The van der Waals surface area contributed by atoms with Crippen molar-refractivity contribution in [1.29, 1.82) is 0 Å². The van der Waals surface area contributed by atoms with Crippen LogP contribution in [0.4, 0.5) is 0 Å². The van der Waals surface area contributed by atoms with Gasteiger partial charge in [-0.25, -0.2) is 0 Å². The van der Waals surface area contributed by atoms with Crippen LogP contribution in [-0.4, -0.2) is 16.0 Å². The van der Waals surface area contributed by atoms with E-state index in [9.17, 15) is 4.79 Å². The molecule has 4 nitrogen and oxygen atoms in total. The van der Waals surface area contributed by atoms with Crippen LogP contribution in [0, 0.1) is 0 Å². The summed E-state index contributed by atoms with van der Waals surface area (Å²) in [6, 6.07) is 13.2. The van der Waals surface area contributed by atoms with E-state index in [1.165, 1.54) is 16.3 Å². The molecule has 3 N–H and O–H groups in total. The SMILES string of the molecule is NC(=S)N(Cc1ccccc1)NC(=O)c1cccs1. The zero-order valence-corrected chi connectivity index (χ0v) is 11.7. The number of hydrogen-bond donors (Lipinski definition) is 2. The predicted molar refractivity (Wildman–Crippen MR) is 80.6 cm³/mol. The Morgan fingerprint density at radius 3 is 2.58 bits per heavy atom. The molecule has 0 fully saturated rings. The Morgan fingerprint density at radius 1 is 1.26 bits per heavy atom. The fourth-order valence-electron chi connectivity index (χ4n) is 1.52. The predicted octanol–water partition coefficient (Wildman–Crippen LogP) is 2.14. The summed E-state index contributed by atoms with van der Waals surface area (Å²) in [5.74, 6) is -0.210. The highest BCUT2D eigenvalue weighted by Crippen LogP contribution is 2.09. The molecule has 2 rings (SSSR count). The summed E-state index contributed by atoms with van der Waals surface area (Å²) >= 11 is 6.32. The van der Waals surface area contributed by atoms with Gasteiger partial charge in [0.15, 0.2) is 5.11 Å². The van der Waals surface area contributed by atoms with E-state index in [0.29, 0.717) is 11.4 Å². The smallest absolute Gasteiger partial charge is 0.279 e.